The van der Waals surface area contributed by atoms with Gasteiger partial charge in [0.15, 0.2) is 6.61 Å². The molecule has 1 aliphatic rings. The van der Waals surface area contributed by atoms with E-state index in [0.717, 1.165) is 18.4 Å². The minimum atomic E-state index is -0.128. The highest BCUT2D eigenvalue weighted by molar-refractivity contribution is 5.78. The van der Waals surface area contributed by atoms with Gasteiger partial charge in [-0.1, -0.05) is 29.8 Å². The largest absolute Gasteiger partial charge is 0.484 e. The van der Waals surface area contributed by atoms with Crippen LogP contribution in [0.2, 0.25) is 0 Å². The Balaban J connectivity index is 1.57. The number of amides is 1. The lowest BCUT2D eigenvalue weighted by Gasteiger charge is -2.19. The summed E-state index contributed by atoms with van der Waals surface area (Å²) in [5, 5.41) is 11.9. The highest BCUT2D eigenvalue weighted by atomic mass is 16.5. The molecule has 1 saturated carbocycles. The molecule has 1 N–H and O–H groups in total. The van der Waals surface area contributed by atoms with Crippen molar-refractivity contribution in [3.8, 4) is 11.8 Å². The summed E-state index contributed by atoms with van der Waals surface area (Å²) in [6.07, 6.45) is 2.30. The van der Waals surface area contributed by atoms with Crippen LogP contribution in [0.25, 0.3) is 0 Å². The van der Waals surface area contributed by atoms with Crippen molar-refractivity contribution in [2.75, 3.05) is 6.61 Å². The van der Waals surface area contributed by atoms with Crippen LogP contribution in [-0.4, -0.2) is 12.5 Å². The quantitative estimate of drug-likeness (QED) is 0.886. The SMILES string of the molecule is Cc1ccc(C(NC(=O)COc2ccc(C#N)cc2)C2CC2)cc1. The first-order chi connectivity index (χ1) is 11.7. The van der Waals surface area contributed by atoms with Gasteiger partial charge in [0.1, 0.15) is 5.75 Å². The van der Waals surface area contributed by atoms with Gasteiger partial charge in [-0.05, 0) is 55.5 Å². The van der Waals surface area contributed by atoms with Crippen LogP contribution in [-0.2, 0) is 4.79 Å². The zero-order chi connectivity index (χ0) is 16.9. The molecule has 2 aromatic rings. The number of nitriles is 1. The second-order valence-electron chi connectivity index (χ2n) is 6.22. The van der Waals surface area contributed by atoms with E-state index < -0.39 is 0 Å². The van der Waals surface area contributed by atoms with Crippen LogP contribution in [0.3, 0.4) is 0 Å². The van der Waals surface area contributed by atoms with Gasteiger partial charge in [-0.15, -0.1) is 0 Å². The zero-order valence-corrected chi connectivity index (χ0v) is 13.7. The molecule has 3 rings (SSSR count). The molecule has 0 aromatic heterocycles. The van der Waals surface area contributed by atoms with Gasteiger partial charge in [-0.3, -0.25) is 4.79 Å². The fourth-order valence-corrected chi connectivity index (χ4v) is 2.67. The molecule has 0 saturated heterocycles. The van der Waals surface area contributed by atoms with E-state index in [4.69, 9.17) is 10.00 Å². The Labute approximate surface area is 142 Å². The average molecular weight is 320 g/mol. The van der Waals surface area contributed by atoms with Crippen molar-refractivity contribution >= 4 is 5.91 Å². The minimum Gasteiger partial charge on any atom is -0.484 e. The Morgan fingerprint density at radius 2 is 1.88 bits per heavy atom. The van der Waals surface area contributed by atoms with Gasteiger partial charge < -0.3 is 10.1 Å². The van der Waals surface area contributed by atoms with Gasteiger partial charge in [0.25, 0.3) is 5.91 Å². The predicted molar refractivity (Wildman–Crippen MR) is 91.4 cm³/mol. The van der Waals surface area contributed by atoms with Crippen molar-refractivity contribution in [1.82, 2.24) is 5.32 Å². The summed E-state index contributed by atoms with van der Waals surface area (Å²) in [5.41, 5.74) is 2.93. The maximum absolute atomic E-state index is 12.2. The van der Waals surface area contributed by atoms with Gasteiger partial charge in [0.05, 0.1) is 17.7 Å². The normalized spacial score (nSPS) is 14.5. The number of nitrogens with zero attached hydrogens (tertiary/aromatic N) is 1. The number of aryl methyl sites for hydroxylation is 1. The first-order valence-electron chi connectivity index (χ1n) is 8.14. The summed E-state index contributed by atoms with van der Waals surface area (Å²) in [6, 6.07) is 17.2. The van der Waals surface area contributed by atoms with Crippen molar-refractivity contribution < 1.29 is 9.53 Å². The van der Waals surface area contributed by atoms with Gasteiger partial charge in [-0.2, -0.15) is 5.26 Å². The van der Waals surface area contributed by atoms with Crippen LogP contribution in [0, 0.1) is 24.2 Å². The molecule has 1 fully saturated rings. The third kappa shape index (κ3) is 4.14. The number of carbonyl (C=O) groups excluding carboxylic acids is 1. The van der Waals surface area contributed by atoms with E-state index in [2.05, 4.69) is 42.6 Å². The Kier molecular flexibility index (Phi) is 4.81. The average Bonchev–Trinajstić information content (AvgIpc) is 3.44. The third-order valence-corrected chi connectivity index (χ3v) is 4.20. The smallest absolute Gasteiger partial charge is 0.258 e. The molecule has 0 radical (unpaired) electrons. The molecule has 24 heavy (non-hydrogen) atoms. The van der Waals surface area contributed by atoms with E-state index in [1.807, 2.05) is 0 Å². The summed E-state index contributed by atoms with van der Waals surface area (Å²) < 4.78 is 5.50. The van der Waals surface area contributed by atoms with Crippen molar-refractivity contribution in [3.63, 3.8) is 0 Å². The first-order valence-corrected chi connectivity index (χ1v) is 8.14. The summed E-state index contributed by atoms with van der Waals surface area (Å²) in [5.74, 6) is 0.978. The molecule has 0 aliphatic heterocycles. The topological polar surface area (TPSA) is 62.1 Å². The van der Waals surface area contributed by atoms with Crippen molar-refractivity contribution in [2.45, 2.75) is 25.8 Å². The number of carbonyl (C=O) groups is 1. The van der Waals surface area contributed by atoms with Crippen LogP contribution < -0.4 is 10.1 Å². The van der Waals surface area contributed by atoms with Crippen molar-refractivity contribution in [1.29, 1.82) is 5.26 Å². The molecule has 1 unspecified atom stereocenters. The number of benzene rings is 2. The van der Waals surface area contributed by atoms with E-state index in [-0.39, 0.29) is 18.6 Å². The maximum Gasteiger partial charge on any atom is 0.258 e. The molecule has 122 valence electrons. The second-order valence-corrected chi connectivity index (χ2v) is 6.22. The Morgan fingerprint density at radius 3 is 2.46 bits per heavy atom. The summed E-state index contributed by atoms with van der Waals surface area (Å²) in [6.45, 7) is 2.03. The van der Waals surface area contributed by atoms with E-state index in [1.54, 1.807) is 24.3 Å². The standard InChI is InChI=1S/C20H20N2O2/c1-14-2-6-16(7-3-14)20(17-8-9-17)22-19(23)13-24-18-10-4-15(12-21)5-11-18/h2-7,10-11,17,20H,8-9,13H2,1H3,(H,22,23). The van der Waals surface area contributed by atoms with Crippen molar-refractivity contribution in [3.05, 3.63) is 65.2 Å². The van der Waals surface area contributed by atoms with E-state index in [1.165, 1.54) is 5.56 Å². The zero-order valence-electron chi connectivity index (χ0n) is 13.7. The number of nitrogens with one attached hydrogen (secondary N) is 1. The first kappa shape index (κ1) is 16.1. The highest BCUT2D eigenvalue weighted by Crippen LogP contribution is 2.41. The molecule has 0 heterocycles. The van der Waals surface area contributed by atoms with Gasteiger partial charge in [0.2, 0.25) is 0 Å². The van der Waals surface area contributed by atoms with Crippen LogP contribution in [0.5, 0.6) is 5.75 Å². The number of rotatable bonds is 6. The summed E-state index contributed by atoms with van der Waals surface area (Å²) in [4.78, 5) is 12.2. The molecule has 1 atom stereocenters. The summed E-state index contributed by atoms with van der Waals surface area (Å²) in [7, 11) is 0. The lowest BCUT2D eigenvalue weighted by molar-refractivity contribution is -0.124. The Bertz CT molecular complexity index is 741. The lowest BCUT2D eigenvalue weighted by Crippen LogP contribution is -2.33. The fraction of sp³-hybridized carbons (Fsp3) is 0.300. The minimum absolute atomic E-state index is 0.0268. The maximum atomic E-state index is 12.2. The predicted octanol–water partition coefficient (Wildman–Crippen LogP) is 3.51. The third-order valence-electron chi connectivity index (χ3n) is 4.20. The molecular weight excluding hydrogens is 300 g/mol. The van der Waals surface area contributed by atoms with Gasteiger partial charge in [0, 0.05) is 0 Å². The molecular formula is C20H20N2O2. The molecule has 4 heteroatoms. The summed E-state index contributed by atoms with van der Waals surface area (Å²) >= 11 is 0. The molecule has 0 spiro atoms. The number of ether oxygens (including phenoxy) is 1. The van der Waals surface area contributed by atoms with Crippen LogP contribution >= 0.6 is 0 Å². The molecule has 4 nitrogen and oxygen atoms in total. The van der Waals surface area contributed by atoms with Crippen molar-refractivity contribution in [2.24, 2.45) is 5.92 Å². The van der Waals surface area contributed by atoms with Gasteiger partial charge in [-0.25, -0.2) is 0 Å². The van der Waals surface area contributed by atoms with E-state index in [0.29, 0.717) is 17.2 Å². The van der Waals surface area contributed by atoms with E-state index in [9.17, 15) is 4.79 Å². The molecule has 2 aromatic carbocycles. The monoisotopic (exact) mass is 320 g/mol. The molecule has 1 amide bonds. The van der Waals surface area contributed by atoms with Crippen LogP contribution in [0.4, 0.5) is 0 Å². The molecule has 0 bridgehead atoms. The fourth-order valence-electron chi connectivity index (χ4n) is 2.67. The second kappa shape index (κ2) is 7.18. The molecule has 1 aliphatic carbocycles. The Hall–Kier alpha value is -2.80. The highest BCUT2D eigenvalue weighted by Gasteiger charge is 2.33. The van der Waals surface area contributed by atoms with Crippen LogP contribution in [0.1, 0.15) is 35.6 Å². The van der Waals surface area contributed by atoms with Crippen LogP contribution in [0.15, 0.2) is 48.5 Å². The lowest BCUT2D eigenvalue weighted by atomic mass is 10.0. The van der Waals surface area contributed by atoms with E-state index >= 15 is 0 Å². The number of hydrogen-bond acceptors (Lipinski definition) is 3. The Morgan fingerprint density at radius 1 is 1.21 bits per heavy atom. The van der Waals surface area contributed by atoms with Gasteiger partial charge >= 0.3 is 0 Å². The number of hydrogen-bond donors (Lipinski definition) is 1.